The highest BCUT2D eigenvalue weighted by atomic mass is 16.4. The molecule has 15 heavy (non-hydrogen) atoms. The molecule has 84 valence electrons. The van der Waals surface area contributed by atoms with Gasteiger partial charge in [-0.3, -0.25) is 0 Å². The summed E-state index contributed by atoms with van der Waals surface area (Å²) in [6.07, 6.45) is 0. The van der Waals surface area contributed by atoms with E-state index in [4.69, 9.17) is 5.11 Å². The zero-order chi connectivity index (χ0) is 11.7. The number of hydrogen-bond donors (Lipinski definition) is 2. The fraction of sp³-hybridized carbons (Fsp3) is 0.417. The maximum absolute atomic E-state index is 10.4. The van der Waals surface area contributed by atoms with Crippen molar-refractivity contribution in [3.05, 3.63) is 35.4 Å². The molecule has 0 amide bonds. The molecule has 0 atom stereocenters. The van der Waals surface area contributed by atoms with E-state index in [2.05, 4.69) is 19.2 Å². The Morgan fingerprint density at radius 1 is 1.33 bits per heavy atom. The van der Waals surface area contributed by atoms with Crippen LogP contribution in [0.25, 0.3) is 0 Å². The Balaban J connectivity index is 0.000000336. The van der Waals surface area contributed by atoms with E-state index in [9.17, 15) is 4.79 Å². The van der Waals surface area contributed by atoms with E-state index in [0.717, 1.165) is 18.7 Å². The van der Waals surface area contributed by atoms with Crippen LogP contribution in [0.15, 0.2) is 24.3 Å². The molecule has 1 aromatic carbocycles. The molecule has 2 N–H and O–H groups in total. The zero-order valence-electron chi connectivity index (χ0n) is 9.58. The lowest BCUT2D eigenvalue weighted by Crippen LogP contribution is -2.09. The van der Waals surface area contributed by atoms with Gasteiger partial charge in [-0.1, -0.05) is 31.5 Å². The highest BCUT2D eigenvalue weighted by Gasteiger charge is 1.99. The van der Waals surface area contributed by atoms with Gasteiger partial charge in [0.2, 0.25) is 0 Å². The Labute approximate surface area is 91.1 Å². The first-order chi connectivity index (χ1) is 7.11. The van der Waals surface area contributed by atoms with Gasteiger partial charge in [-0.15, -0.1) is 0 Å². The van der Waals surface area contributed by atoms with Crippen LogP contribution in [-0.4, -0.2) is 24.2 Å². The molecule has 1 aromatic rings. The number of aromatic carboxylic acids is 1. The van der Waals surface area contributed by atoms with Crippen molar-refractivity contribution in [3.63, 3.8) is 0 Å². The number of benzene rings is 1. The Kier molecular flexibility index (Phi) is 7.28. The second-order valence-corrected chi connectivity index (χ2v) is 3.13. The Morgan fingerprint density at radius 2 is 1.93 bits per heavy atom. The van der Waals surface area contributed by atoms with E-state index >= 15 is 0 Å². The first-order valence-electron chi connectivity index (χ1n) is 5.12. The number of carboxylic acids is 1. The Bertz CT molecular complexity index is 295. The third-order valence-electron chi connectivity index (χ3n) is 1.77. The quantitative estimate of drug-likeness (QED) is 0.803. The molecule has 3 heteroatoms. The molecule has 0 bridgehead atoms. The van der Waals surface area contributed by atoms with Crippen LogP contribution in [-0.2, 0) is 0 Å². The van der Waals surface area contributed by atoms with Gasteiger partial charge in [0.15, 0.2) is 0 Å². The molecule has 0 saturated carbocycles. The molecule has 0 aromatic heterocycles. The van der Waals surface area contributed by atoms with Gasteiger partial charge < -0.3 is 10.4 Å². The van der Waals surface area contributed by atoms with Crippen molar-refractivity contribution in [1.29, 1.82) is 0 Å². The minimum atomic E-state index is -0.872. The summed E-state index contributed by atoms with van der Waals surface area (Å²) < 4.78 is 0. The summed E-state index contributed by atoms with van der Waals surface area (Å²) in [6, 6.07) is 6.82. The van der Waals surface area contributed by atoms with Crippen molar-refractivity contribution in [1.82, 2.24) is 5.32 Å². The van der Waals surface area contributed by atoms with E-state index in [0.29, 0.717) is 5.56 Å². The number of carboxylic acid groups (broad SMARTS) is 1. The first kappa shape index (κ1) is 13.7. The van der Waals surface area contributed by atoms with Gasteiger partial charge in [0.1, 0.15) is 0 Å². The van der Waals surface area contributed by atoms with Crippen LogP contribution >= 0.6 is 0 Å². The molecule has 0 aliphatic carbocycles. The molecule has 0 fully saturated rings. The summed E-state index contributed by atoms with van der Waals surface area (Å²) in [4.78, 5) is 10.4. The topological polar surface area (TPSA) is 49.3 Å². The first-order valence-corrected chi connectivity index (χ1v) is 5.12. The van der Waals surface area contributed by atoms with E-state index in [1.807, 2.05) is 13.0 Å². The lowest BCUT2D eigenvalue weighted by Gasteiger charge is -1.93. The van der Waals surface area contributed by atoms with Crippen molar-refractivity contribution in [2.45, 2.75) is 20.8 Å². The summed E-state index contributed by atoms with van der Waals surface area (Å²) in [5.74, 6) is -0.872. The van der Waals surface area contributed by atoms with E-state index in [-0.39, 0.29) is 0 Å². The third-order valence-corrected chi connectivity index (χ3v) is 1.77. The average Bonchev–Trinajstić information content (AvgIpc) is 2.20. The van der Waals surface area contributed by atoms with E-state index in [1.165, 1.54) is 0 Å². The van der Waals surface area contributed by atoms with Crippen LogP contribution in [0.4, 0.5) is 0 Å². The van der Waals surface area contributed by atoms with Crippen molar-refractivity contribution in [2.24, 2.45) is 0 Å². The highest BCUT2D eigenvalue weighted by Crippen LogP contribution is 2.02. The number of hydrogen-bond acceptors (Lipinski definition) is 2. The standard InChI is InChI=1S/C8H8O2.C4H11N/c1-6-3-2-4-7(5-6)8(9)10;1-3-5-4-2/h2-5H,1H3,(H,9,10);5H,3-4H2,1-2H3. The predicted molar refractivity (Wildman–Crippen MR) is 62.4 cm³/mol. The molecular formula is C12H19NO2. The number of aryl methyl sites for hydroxylation is 1. The normalized spacial score (nSPS) is 9.00. The minimum Gasteiger partial charge on any atom is -0.478 e. The second-order valence-electron chi connectivity index (χ2n) is 3.13. The van der Waals surface area contributed by atoms with Gasteiger partial charge in [0, 0.05) is 0 Å². The predicted octanol–water partition coefficient (Wildman–Crippen LogP) is 2.31. The van der Waals surface area contributed by atoms with Crippen molar-refractivity contribution < 1.29 is 9.90 Å². The van der Waals surface area contributed by atoms with Gasteiger partial charge in [-0.05, 0) is 32.1 Å². The Hall–Kier alpha value is -1.35. The molecule has 0 radical (unpaired) electrons. The third kappa shape index (κ3) is 6.69. The number of rotatable bonds is 3. The maximum atomic E-state index is 10.4. The van der Waals surface area contributed by atoms with Crippen LogP contribution in [0.5, 0.6) is 0 Å². The van der Waals surface area contributed by atoms with E-state index in [1.54, 1.807) is 18.2 Å². The monoisotopic (exact) mass is 209 g/mol. The fourth-order valence-electron chi connectivity index (χ4n) is 1.03. The average molecular weight is 209 g/mol. The summed E-state index contributed by atoms with van der Waals surface area (Å²) in [7, 11) is 0. The summed E-state index contributed by atoms with van der Waals surface area (Å²) >= 11 is 0. The summed E-state index contributed by atoms with van der Waals surface area (Å²) in [6.45, 7) is 8.26. The van der Waals surface area contributed by atoms with Gasteiger partial charge in [-0.25, -0.2) is 4.79 Å². The van der Waals surface area contributed by atoms with Crippen molar-refractivity contribution in [2.75, 3.05) is 13.1 Å². The number of carbonyl (C=O) groups is 1. The van der Waals surface area contributed by atoms with Gasteiger partial charge in [0.25, 0.3) is 0 Å². The molecule has 3 nitrogen and oxygen atoms in total. The van der Waals surface area contributed by atoms with Crippen molar-refractivity contribution >= 4 is 5.97 Å². The van der Waals surface area contributed by atoms with Crippen molar-refractivity contribution in [3.8, 4) is 0 Å². The molecule has 0 saturated heterocycles. The van der Waals surface area contributed by atoms with Gasteiger partial charge in [-0.2, -0.15) is 0 Å². The van der Waals surface area contributed by atoms with Gasteiger partial charge >= 0.3 is 5.97 Å². The van der Waals surface area contributed by atoms with E-state index < -0.39 is 5.97 Å². The summed E-state index contributed by atoms with van der Waals surface area (Å²) in [5.41, 5.74) is 1.32. The molecule has 0 heterocycles. The lowest BCUT2D eigenvalue weighted by atomic mass is 10.1. The number of nitrogens with one attached hydrogen (secondary N) is 1. The maximum Gasteiger partial charge on any atom is 0.335 e. The molecule has 0 unspecified atom stereocenters. The Morgan fingerprint density at radius 3 is 2.20 bits per heavy atom. The lowest BCUT2D eigenvalue weighted by molar-refractivity contribution is 0.0697. The van der Waals surface area contributed by atoms with Crippen LogP contribution < -0.4 is 5.32 Å². The second kappa shape index (κ2) is 8.00. The minimum absolute atomic E-state index is 0.347. The molecule has 0 spiro atoms. The fourth-order valence-corrected chi connectivity index (χ4v) is 1.03. The molecule has 0 aliphatic rings. The van der Waals surface area contributed by atoms with Crippen LogP contribution in [0, 0.1) is 6.92 Å². The zero-order valence-corrected chi connectivity index (χ0v) is 9.58. The smallest absolute Gasteiger partial charge is 0.335 e. The SMILES string of the molecule is CCNCC.Cc1cccc(C(=O)O)c1. The van der Waals surface area contributed by atoms with Crippen LogP contribution in [0.2, 0.25) is 0 Å². The van der Waals surface area contributed by atoms with Crippen LogP contribution in [0.3, 0.4) is 0 Å². The highest BCUT2D eigenvalue weighted by molar-refractivity contribution is 5.87. The molecule has 1 rings (SSSR count). The molecular weight excluding hydrogens is 190 g/mol. The van der Waals surface area contributed by atoms with Gasteiger partial charge in [0.05, 0.1) is 5.56 Å². The summed E-state index contributed by atoms with van der Waals surface area (Å²) in [5, 5.41) is 11.6. The van der Waals surface area contributed by atoms with Crippen LogP contribution in [0.1, 0.15) is 29.8 Å². The largest absolute Gasteiger partial charge is 0.478 e. The molecule has 0 aliphatic heterocycles.